The highest BCUT2D eigenvalue weighted by molar-refractivity contribution is 8.01. The summed E-state index contributed by atoms with van der Waals surface area (Å²) in [5, 5.41) is 11.8. The fourth-order valence-corrected chi connectivity index (χ4v) is 2.46. The number of thioether (sulfide) groups is 1. The van der Waals surface area contributed by atoms with Crippen LogP contribution in [0.25, 0.3) is 0 Å². The van der Waals surface area contributed by atoms with Crippen molar-refractivity contribution in [3.05, 3.63) is 0 Å². The molecule has 0 radical (unpaired) electrons. The van der Waals surface area contributed by atoms with Gasteiger partial charge in [-0.05, 0) is 26.7 Å². The highest BCUT2D eigenvalue weighted by Crippen LogP contribution is 2.27. The van der Waals surface area contributed by atoms with Crippen LogP contribution in [-0.2, 0) is 9.59 Å². The van der Waals surface area contributed by atoms with E-state index < -0.39 is 22.3 Å². The van der Waals surface area contributed by atoms with E-state index in [1.54, 1.807) is 13.8 Å². The van der Waals surface area contributed by atoms with Gasteiger partial charge < -0.3 is 16.2 Å². The lowest BCUT2D eigenvalue weighted by Gasteiger charge is -2.30. The topological polar surface area (TPSA) is 92.4 Å². The Morgan fingerprint density at radius 2 is 1.90 bits per heavy atom. The molecule has 0 aromatic heterocycles. The second-order valence-corrected chi connectivity index (χ2v) is 6.82. The third-order valence-corrected chi connectivity index (χ3v) is 4.86. The molecule has 0 aliphatic rings. The van der Waals surface area contributed by atoms with Gasteiger partial charge in [0.1, 0.15) is 11.6 Å². The van der Waals surface area contributed by atoms with Gasteiger partial charge in [-0.3, -0.25) is 9.59 Å². The molecule has 0 saturated carbocycles. The summed E-state index contributed by atoms with van der Waals surface area (Å²) in [6, 6.07) is -1.03. The zero-order valence-corrected chi connectivity index (χ0v) is 13.3. The van der Waals surface area contributed by atoms with Gasteiger partial charge in [0.2, 0.25) is 5.91 Å². The Labute approximate surface area is 125 Å². The van der Waals surface area contributed by atoms with Crippen molar-refractivity contribution in [1.29, 1.82) is 0 Å². The molecule has 0 aromatic carbocycles. The second-order valence-electron chi connectivity index (χ2n) is 5.19. The van der Waals surface area contributed by atoms with Gasteiger partial charge in [-0.2, -0.15) is 0 Å². The minimum absolute atomic E-state index is 0.122. The lowest BCUT2D eigenvalue weighted by Crippen LogP contribution is -2.49. The van der Waals surface area contributed by atoms with Crippen molar-refractivity contribution in [2.45, 2.75) is 56.9 Å². The highest BCUT2D eigenvalue weighted by Gasteiger charge is 2.34. The first-order chi connectivity index (χ1) is 9.14. The number of nitrogens with one attached hydrogen (secondary N) is 1. The number of carbonyl (C=O) groups is 2. The molecule has 1 amide bonds. The first-order valence-electron chi connectivity index (χ1n) is 6.55. The summed E-state index contributed by atoms with van der Waals surface area (Å²) in [6.07, 6.45) is 6.77. The zero-order chi connectivity index (χ0) is 16.0. The predicted octanol–water partition coefficient (Wildman–Crippen LogP) is 1.22. The van der Waals surface area contributed by atoms with Crippen molar-refractivity contribution in [1.82, 2.24) is 5.32 Å². The van der Waals surface area contributed by atoms with E-state index >= 15 is 0 Å². The standard InChI is InChI=1S/C14H24N2O3S/c1-6-14(7-2,8-3)16-10(17)9-20-13(4,5)11(15)12(18)19/h1,11H,7-9,15H2,2-5H3,(H,16,17)(H,18,19)/t11-/m1/s1. The maximum atomic E-state index is 12.0. The number of hydrogen-bond donors (Lipinski definition) is 3. The van der Waals surface area contributed by atoms with Crippen molar-refractivity contribution in [3.63, 3.8) is 0 Å². The van der Waals surface area contributed by atoms with Crippen LogP contribution < -0.4 is 11.1 Å². The van der Waals surface area contributed by atoms with Crippen LogP contribution >= 0.6 is 11.8 Å². The third-order valence-electron chi connectivity index (χ3n) is 3.45. The van der Waals surface area contributed by atoms with Crippen LogP contribution in [0.4, 0.5) is 0 Å². The SMILES string of the molecule is C#CC(CC)(CC)NC(=O)CSC(C)(C)[C@H](N)C(=O)O. The summed E-state index contributed by atoms with van der Waals surface area (Å²) in [6.45, 7) is 7.25. The number of terminal acetylenes is 1. The molecule has 20 heavy (non-hydrogen) atoms. The molecule has 0 aromatic rings. The van der Waals surface area contributed by atoms with Crippen LogP contribution in [0.3, 0.4) is 0 Å². The third kappa shape index (κ3) is 5.06. The van der Waals surface area contributed by atoms with Crippen LogP contribution in [0.2, 0.25) is 0 Å². The molecular formula is C14H24N2O3S. The monoisotopic (exact) mass is 300 g/mol. The summed E-state index contributed by atoms with van der Waals surface area (Å²) >= 11 is 1.21. The van der Waals surface area contributed by atoms with E-state index in [2.05, 4.69) is 11.2 Å². The smallest absolute Gasteiger partial charge is 0.321 e. The summed E-state index contributed by atoms with van der Waals surface area (Å²) in [5.41, 5.74) is 4.97. The Bertz CT molecular complexity index is 398. The number of amides is 1. The molecule has 0 aliphatic heterocycles. The van der Waals surface area contributed by atoms with Gasteiger partial charge in [0.25, 0.3) is 0 Å². The molecule has 1 atom stereocenters. The summed E-state index contributed by atoms with van der Waals surface area (Å²) < 4.78 is -0.736. The van der Waals surface area contributed by atoms with E-state index in [0.29, 0.717) is 12.8 Å². The number of rotatable bonds is 8. The van der Waals surface area contributed by atoms with Crippen molar-refractivity contribution in [2.24, 2.45) is 5.73 Å². The number of carbonyl (C=O) groups excluding carboxylic acids is 1. The molecule has 0 heterocycles. The Kier molecular flexibility index (Phi) is 7.11. The largest absolute Gasteiger partial charge is 0.480 e. The zero-order valence-electron chi connectivity index (χ0n) is 12.5. The maximum absolute atomic E-state index is 12.0. The quantitative estimate of drug-likeness (QED) is 0.586. The molecule has 0 bridgehead atoms. The van der Waals surface area contributed by atoms with E-state index in [0.717, 1.165) is 0 Å². The second kappa shape index (κ2) is 7.55. The molecule has 5 nitrogen and oxygen atoms in total. The van der Waals surface area contributed by atoms with Crippen LogP contribution in [0.5, 0.6) is 0 Å². The number of nitrogens with two attached hydrogens (primary N) is 1. The van der Waals surface area contributed by atoms with Gasteiger partial charge in [0, 0.05) is 4.75 Å². The Hall–Kier alpha value is -1.19. The molecule has 114 valence electrons. The Balaban J connectivity index is 4.58. The van der Waals surface area contributed by atoms with Gasteiger partial charge in [0.15, 0.2) is 0 Å². The normalized spacial score (nSPS) is 13.4. The number of carboxylic acids is 1. The van der Waals surface area contributed by atoms with E-state index in [4.69, 9.17) is 17.3 Å². The summed E-state index contributed by atoms with van der Waals surface area (Å²) in [5.74, 6) is 1.46. The average Bonchev–Trinajstić information content (AvgIpc) is 2.42. The van der Waals surface area contributed by atoms with Gasteiger partial charge in [-0.15, -0.1) is 18.2 Å². The van der Waals surface area contributed by atoms with Crippen LogP contribution in [0.15, 0.2) is 0 Å². The molecule has 0 unspecified atom stereocenters. The van der Waals surface area contributed by atoms with Crippen molar-refractivity contribution in [2.75, 3.05) is 5.75 Å². The van der Waals surface area contributed by atoms with Gasteiger partial charge in [-0.1, -0.05) is 19.8 Å². The molecule has 6 heteroatoms. The number of hydrogen-bond acceptors (Lipinski definition) is 4. The van der Waals surface area contributed by atoms with Crippen LogP contribution in [0, 0.1) is 12.3 Å². The fraction of sp³-hybridized carbons (Fsp3) is 0.714. The first-order valence-corrected chi connectivity index (χ1v) is 7.53. The maximum Gasteiger partial charge on any atom is 0.321 e. The predicted molar refractivity (Wildman–Crippen MR) is 82.4 cm³/mol. The Morgan fingerprint density at radius 1 is 1.40 bits per heavy atom. The lowest BCUT2D eigenvalue weighted by molar-refractivity contribution is -0.139. The molecule has 0 aliphatic carbocycles. The van der Waals surface area contributed by atoms with Crippen LogP contribution in [-0.4, -0.2) is 39.1 Å². The molecular weight excluding hydrogens is 276 g/mol. The van der Waals surface area contributed by atoms with Crippen LogP contribution in [0.1, 0.15) is 40.5 Å². The van der Waals surface area contributed by atoms with E-state index in [1.807, 2.05) is 13.8 Å². The van der Waals surface area contributed by atoms with Gasteiger partial charge >= 0.3 is 5.97 Å². The van der Waals surface area contributed by atoms with Crippen molar-refractivity contribution >= 4 is 23.6 Å². The molecule has 4 N–H and O–H groups in total. The highest BCUT2D eigenvalue weighted by atomic mass is 32.2. The van der Waals surface area contributed by atoms with Gasteiger partial charge in [-0.25, -0.2) is 0 Å². The van der Waals surface area contributed by atoms with E-state index in [1.165, 1.54) is 11.8 Å². The molecule has 0 rings (SSSR count). The summed E-state index contributed by atoms with van der Waals surface area (Å²) in [4.78, 5) is 22.9. The first kappa shape index (κ1) is 18.8. The number of aliphatic carboxylic acids is 1. The van der Waals surface area contributed by atoms with Gasteiger partial charge in [0.05, 0.1) is 5.75 Å². The lowest BCUT2D eigenvalue weighted by atomic mass is 9.94. The van der Waals surface area contributed by atoms with E-state index in [9.17, 15) is 9.59 Å². The minimum atomic E-state index is -1.08. The van der Waals surface area contributed by atoms with Crippen molar-refractivity contribution in [3.8, 4) is 12.3 Å². The summed E-state index contributed by atoms with van der Waals surface area (Å²) in [7, 11) is 0. The average molecular weight is 300 g/mol. The minimum Gasteiger partial charge on any atom is -0.480 e. The fourth-order valence-electron chi connectivity index (χ4n) is 1.61. The molecule has 0 saturated heterocycles. The van der Waals surface area contributed by atoms with E-state index in [-0.39, 0.29) is 11.7 Å². The Morgan fingerprint density at radius 3 is 2.25 bits per heavy atom. The number of carboxylic acid groups (broad SMARTS) is 1. The molecule has 0 fully saturated rings. The molecule has 0 spiro atoms. The van der Waals surface area contributed by atoms with Crippen molar-refractivity contribution < 1.29 is 14.7 Å².